The standard InChI is InChI=1S/C49H59ClF3N5O2S3/c1-35(2)48(3)21-19-44(36-9-13-39(50)14-10-36)38(32-48)33-57-23-25-58(26-24-57)41-15-11-37(12-16-41)47(59)55-63-43-17-18-45(46(31-43)62-49(51,52)53)54-40(20-22-56-27-29-60-30-28-56)34-61-42-7-5-4-6-8-42/h4-18,31,35,40,54H,19-30,32-34H2,1-3H3,(H,55,59). The van der Waals surface area contributed by atoms with E-state index in [4.69, 9.17) is 16.3 Å². The van der Waals surface area contributed by atoms with Crippen LogP contribution in [-0.2, 0) is 4.74 Å². The SMILES string of the molecule is CC(C)C1(C)CCC(c2ccc(Cl)cc2)=C(CN2CCN(c3ccc(C(=O)NSc4ccc(NC(CCN5CCOCC5)CSc5ccccc5)c(SC(F)(F)F)c4)cc3)CC2)C1. The van der Waals surface area contributed by atoms with Crippen LogP contribution in [0.5, 0.6) is 0 Å². The highest BCUT2D eigenvalue weighted by Crippen LogP contribution is 2.47. The Morgan fingerprint density at radius 3 is 2.27 bits per heavy atom. The van der Waals surface area contributed by atoms with Gasteiger partial charge in [0.2, 0.25) is 0 Å². The smallest absolute Gasteiger partial charge is 0.381 e. The Morgan fingerprint density at radius 2 is 1.59 bits per heavy atom. The summed E-state index contributed by atoms with van der Waals surface area (Å²) >= 11 is 8.82. The predicted molar refractivity (Wildman–Crippen MR) is 258 cm³/mol. The first kappa shape index (κ1) is 47.7. The Balaban J connectivity index is 0.945. The molecule has 63 heavy (non-hydrogen) atoms. The van der Waals surface area contributed by atoms with Crippen LogP contribution in [0.1, 0.15) is 62.4 Å². The summed E-state index contributed by atoms with van der Waals surface area (Å²) in [6.45, 7) is 15.6. The fourth-order valence-corrected chi connectivity index (χ4v) is 11.0. The molecular weight excluding hydrogens is 879 g/mol. The van der Waals surface area contributed by atoms with Crippen molar-refractivity contribution in [3.63, 3.8) is 0 Å². The van der Waals surface area contributed by atoms with Crippen LogP contribution < -0.4 is 14.9 Å². The zero-order chi connectivity index (χ0) is 44.4. The van der Waals surface area contributed by atoms with Crippen molar-refractivity contribution in [3.8, 4) is 0 Å². The van der Waals surface area contributed by atoms with Gasteiger partial charge >= 0.3 is 5.51 Å². The van der Waals surface area contributed by atoms with Gasteiger partial charge in [-0.2, -0.15) is 13.2 Å². The summed E-state index contributed by atoms with van der Waals surface area (Å²) in [7, 11) is 0. The molecule has 2 heterocycles. The van der Waals surface area contributed by atoms with Crippen molar-refractivity contribution in [2.45, 2.75) is 72.7 Å². The van der Waals surface area contributed by atoms with Crippen molar-refractivity contribution >= 4 is 69.9 Å². The molecule has 2 fully saturated rings. The number of morpholine rings is 1. The van der Waals surface area contributed by atoms with E-state index in [1.807, 2.05) is 66.7 Å². The lowest BCUT2D eigenvalue weighted by Crippen LogP contribution is -2.47. The van der Waals surface area contributed by atoms with Gasteiger partial charge in [0.1, 0.15) is 0 Å². The molecule has 2 unspecified atom stereocenters. The van der Waals surface area contributed by atoms with Crippen molar-refractivity contribution < 1.29 is 22.7 Å². The second-order valence-corrected chi connectivity index (χ2v) is 20.8. The second-order valence-electron chi connectivity index (χ2n) is 17.3. The maximum atomic E-state index is 13.9. The highest BCUT2D eigenvalue weighted by molar-refractivity contribution is 8.00. The number of alkyl halides is 3. The molecule has 1 amide bonds. The van der Waals surface area contributed by atoms with E-state index in [-0.39, 0.29) is 34.0 Å². The number of hydrogen-bond donors (Lipinski definition) is 2. The molecule has 0 radical (unpaired) electrons. The lowest BCUT2D eigenvalue weighted by molar-refractivity contribution is -0.0328. The molecular formula is C49H59ClF3N5O2S3. The molecule has 4 aromatic rings. The van der Waals surface area contributed by atoms with E-state index in [0.717, 1.165) is 99.2 Å². The van der Waals surface area contributed by atoms with E-state index >= 15 is 0 Å². The van der Waals surface area contributed by atoms with Crippen molar-refractivity contribution in [2.24, 2.45) is 11.3 Å². The molecule has 0 saturated carbocycles. The third-order valence-electron chi connectivity index (χ3n) is 12.7. The Morgan fingerprint density at radius 1 is 0.873 bits per heavy atom. The number of allylic oxidation sites excluding steroid dienone is 1. The predicted octanol–water partition coefficient (Wildman–Crippen LogP) is 12.1. The van der Waals surface area contributed by atoms with Crippen LogP contribution in [-0.4, -0.2) is 98.6 Å². The maximum absolute atomic E-state index is 13.9. The minimum atomic E-state index is -4.48. The van der Waals surface area contributed by atoms with Crippen molar-refractivity contribution in [1.82, 2.24) is 14.5 Å². The minimum Gasteiger partial charge on any atom is -0.381 e. The van der Waals surface area contributed by atoms with Gasteiger partial charge in [-0.05, 0) is 139 Å². The molecule has 4 aromatic carbocycles. The van der Waals surface area contributed by atoms with Gasteiger partial charge in [0.25, 0.3) is 5.91 Å². The summed E-state index contributed by atoms with van der Waals surface area (Å²) in [5.41, 5.74) is 2.07. The largest absolute Gasteiger partial charge is 0.446 e. The van der Waals surface area contributed by atoms with Gasteiger partial charge in [-0.25, -0.2) is 0 Å². The number of ether oxygens (including phenoxy) is 1. The van der Waals surface area contributed by atoms with E-state index in [2.05, 4.69) is 57.6 Å². The number of amides is 1. The van der Waals surface area contributed by atoms with Crippen LogP contribution in [0.2, 0.25) is 5.02 Å². The monoisotopic (exact) mass is 937 g/mol. The van der Waals surface area contributed by atoms with Crippen molar-refractivity contribution in [3.05, 3.63) is 119 Å². The van der Waals surface area contributed by atoms with E-state index < -0.39 is 5.51 Å². The zero-order valence-electron chi connectivity index (χ0n) is 36.4. The Hall–Kier alpha value is -3.30. The second kappa shape index (κ2) is 22.3. The van der Waals surface area contributed by atoms with Crippen LogP contribution >= 0.6 is 47.1 Å². The number of carbonyl (C=O) groups excluding carboxylic acids is 1. The first-order chi connectivity index (χ1) is 30.3. The summed E-state index contributed by atoms with van der Waals surface area (Å²) in [6, 6.07) is 30.8. The summed E-state index contributed by atoms with van der Waals surface area (Å²) in [6.07, 6.45) is 4.14. The van der Waals surface area contributed by atoms with Crippen LogP contribution in [0.3, 0.4) is 0 Å². The fraction of sp³-hybridized carbons (Fsp3) is 0.449. The molecule has 7 nitrogen and oxygen atoms in total. The lowest BCUT2D eigenvalue weighted by Gasteiger charge is -2.42. The minimum absolute atomic E-state index is 0.0683. The van der Waals surface area contributed by atoms with Gasteiger partial charge < -0.3 is 15.0 Å². The maximum Gasteiger partial charge on any atom is 0.446 e. The topological polar surface area (TPSA) is 60.1 Å². The number of halogens is 4. The van der Waals surface area contributed by atoms with E-state index in [9.17, 15) is 18.0 Å². The Labute approximate surface area is 389 Å². The van der Waals surface area contributed by atoms with Gasteiger partial charge in [0.15, 0.2) is 0 Å². The molecule has 0 spiro atoms. The molecule has 0 aromatic heterocycles. The number of anilines is 2. The first-order valence-corrected chi connectivity index (χ1v) is 25.0. The number of carbonyl (C=O) groups is 1. The molecule has 0 bridgehead atoms. The average molecular weight is 939 g/mol. The lowest BCUT2D eigenvalue weighted by atomic mass is 9.66. The molecule has 2 atom stereocenters. The van der Waals surface area contributed by atoms with E-state index in [1.54, 1.807) is 29.5 Å². The normalized spacial score (nSPS) is 19.7. The fourth-order valence-electron chi connectivity index (χ4n) is 8.52. The highest BCUT2D eigenvalue weighted by Gasteiger charge is 2.35. The van der Waals surface area contributed by atoms with Gasteiger partial charge in [-0.3, -0.25) is 19.3 Å². The number of rotatable bonds is 17. The Kier molecular flexibility index (Phi) is 16.8. The number of nitrogens with zero attached hydrogens (tertiary/aromatic N) is 3. The summed E-state index contributed by atoms with van der Waals surface area (Å²) in [5, 5.41) is 4.22. The third-order valence-corrected chi connectivity index (χ3v) is 15.7. The van der Waals surface area contributed by atoms with Gasteiger partial charge in [0.05, 0.1) is 13.2 Å². The van der Waals surface area contributed by atoms with E-state index in [1.165, 1.54) is 23.6 Å². The molecule has 2 N–H and O–H groups in total. The van der Waals surface area contributed by atoms with Gasteiger partial charge in [0, 0.05) is 101 Å². The first-order valence-electron chi connectivity index (χ1n) is 22.0. The van der Waals surface area contributed by atoms with E-state index in [0.29, 0.717) is 41.0 Å². The summed E-state index contributed by atoms with van der Waals surface area (Å²) in [4.78, 5) is 22.3. The molecule has 7 rings (SSSR count). The number of piperazine rings is 1. The Bertz CT molecular complexity index is 2130. The molecule has 1 aliphatic carbocycles. The van der Waals surface area contributed by atoms with Crippen LogP contribution in [0.15, 0.2) is 117 Å². The number of benzene rings is 4. The molecule has 2 aliphatic heterocycles. The third kappa shape index (κ3) is 13.9. The summed E-state index contributed by atoms with van der Waals surface area (Å²) in [5.74, 6) is 0.985. The van der Waals surface area contributed by atoms with Crippen LogP contribution in [0.25, 0.3) is 5.57 Å². The molecule has 338 valence electrons. The number of nitrogens with one attached hydrogen (secondary N) is 2. The molecule has 3 aliphatic rings. The van der Waals surface area contributed by atoms with Crippen LogP contribution in [0, 0.1) is 11.3 Å². The number of thioether (sulfide) groups is 2. The highest BCUT2D eigenvalue weighted by atomic mass is 35.5. The average Bonchev–Trinajstić information content (AvgIpc) is 3.28. The quantitative estimate of drug-likeness (QED) is 0.0796. The van der Waals surface area contributed by atoms with Crippen molar-refractivity contribution in [1.29, 1.82) is 0 Å². The molecule has 14 heteroatoms. The zero-order valence-corrected chi connectivity index (χ0v) is 39.6. The number of hydrogen-bond acceptors (Lipinski definition) is 9. The van der Waals surface area contributed by atoms with Gasteiger partial charge in [-0.15, -0.1) is 11.8 Å². The van der Waals surface area contributed by atoms with Crippen molar-refractivity contribution in [2.75, 3.05) is 81.5 Å². The summed E-state index contributed by atoms with van der Waals surface area (Å²) < 4.78 is 50.1. The molecule has 2 saturated heterocycles. The van der Waals surface area contributed by atoms with Gasteiger partial charge in [-0.1, -0.05) is 68.3 Å². The van der Waals surface area contributed by atoms with Crippen LogP contribution in [0.4, 0.5) is 24.5 Å².